The maximum atomic E-state index is 9.49. The van der Waals surface area contributed by atoms with Crippen LogP contribution in [0.1, 0.15) is 30.8 Å². The lowest BCUT2D eigenvalue weighted by Gasteiger charge is -1.96. The molecule has 0 bridgehead atoms. The third kappa shape index (κ3) is 2.67. The fourth-order valence-corrected chi connectivity index (χ4v) is 2.90. The summed E-state index contributed by atoms with van der Waals surface area (Å²) in [5.74, 6) is 0.299. The minimum Gasteiger partial charge on any atom is -0.508 e. The number of rotatable bonds is 4. The molecule has 0 saturated heterocycles. The first kappa shape index (κ1) is 12.1. The van der Waals surface area contributed by atoms with E-state index in [1.54, 1.807) is 23.5 Å². The van der Waals surface area contributed by atoms with Gasteiger partial charge in [0.15, 0.2) is 0 Å². The summed E-state index contributed by atoms with van der Waals surface area (Å²) in [6.07, 6.45) is 3.19. The average Bonchev–Trinajstić information content (AvgIpc) is 2.73. The summed E-state index contributed by atoms with van der Waals surface area (Å²) < 4.78 is 0. The lowest BCUT2D eigenvalue weighted by atomic mass is 10.2. The van der Waals surface area contributed by atoms with Crippen molar-refractivity contribution in [2.75, 3.05) is 0 Å². The number of nitrogens with zero attached hydrogens (tertiary/aromatic N) is 1. The van der Waals surface area contributed by atoms with Crippen LogP contribution in [-0.4, -0.2) is 10.1 Å². The second-order valence-electron chi connectivity index (χ2n) is 4.04. The molecule has 2 nitrogen and oxygen atoms in total. The standard InChI is InChI=1S/C14H17NOS/c1-3-6-12-13(4-2)17-14(15-12)10-7-5-8-11(16)9-10/h5,7-9,16H,3-4,6H2,1-2H3. The van der Waals surface area contributed by atoms with Crippen molar-refractivity contribution in [1.29, 1.82) is 0 Å². The molecule has 0 radical (unpaired) electrons. The Bertz CT molecular complexity index is 505. The number of aromatic hydroxyl groups is 1. The molecular weight excluding hydrogens is 230 g/mol. The van der Waals surface area contributed by atoms with Gasteiger partial charge in [-0.3, -0.25) is 0 Å². The topological polar surface area (TPSA) is 33.1 Å². The van der Waals surface area contributed by atoms with Crippen LogP contribution < -0.4 is 0 Å². The van der Waals surface area contributed by atoms with Gasteiger partial charge in [-0.15, -0.1) is 11.3 Å². The summed E-state index contributed by atoms with van der Waals surface area (Å²) in [5.41, 5.74) is 2.23. The van der Waals surface area contributed by atoms with Crippen LogP contribution >= 0.6 is 11.3 Å². The van der Waals surface area contributed by atoms with Crippen molar-refractivity contribution >= 4 is 11.3 Å². The molecule has 0 amide bonds. The molecule has 3 heteroatoms. The largest absolute Gasteiger partial charge is 0.508 e. The van der Waals surface area contributed by atoms with Crippen molar-refractivity contribution in [1.82, 2.24) is 4.98 Å². The van der Waals surface area contributed by atoms with E-state index in [0.717, 1.165) is 29.8 Å². The van der Waals surface area contributed by atoms with Crippen molar-refractivity contribution in [3.8, 4) is 16.3 Å². The molecule has 2 aromatic rings. The van der Waals surface area contributed by atoms with Crippen molar-refractivity contribution in [2.45, 2.75) is 33.1 Å². The fraction of sp³-hybridized carbons (Fsp3) is 0.357. The Morgan fingerprint density at radius 3 is 2.76 bits per heavy atom. The number of aromatic nitrogens is 1. The van der Waals surface area contributed by atoms with E-state index < -0.39 is 0 Å². The Kier molecular flexibility index (Phi) is 3.79. The highest BCUT2D eigenvalue weighted by Gasteiger charge is 2.10. The Morgan fingerprint density at radius 2 is 2.12 bits per heavy atom. The molecule has 0 aliphatic rings. The van der Waals surface area contributed by atoms with Gasteiger partial charge < -0.3 is 5.11 Å². The lowest BCUT2D eigenvalue weighted by molar-refractivity contribution is 0.475. The highest BCUT2D eigenvalue weighted by atomic mass is 32.1. The molecule has 0 spiro atoms. The maximum absolute atomic E-state index is 9.49. The zero-order valence-corrected chi connectivity index (χ0v) is 11.0. The molecule has 90 valence electrons. The summed E-state index contributed by atoms with van der Waals surface area (Å²) in [6, 6.07) is 7.31. The summed E-state index contributed by atoms with van der Waals surface area (Å²) in [4.78, 5) is 6.06. The van der Waals surface area contributed by atoms with E-state index in [1.165, 1.54) is 10.6 Å². The number of hydrogen-bond donors (Lipinski definition) is 1. The predicted octanol–water partition coefficient (Wildman–Crippen LogP) is 4.03. The van der Waals surface area contributed by atoms with Gasteiger partial charge in [0.25, 0.3) is 0 Å². The number of aryl methyl sites for hydroxylation is 2. The molecule has 2 rings (SSSR count). The summed E-state index contributed by atoms with van der Waals surface area (Å²) in [6.45, 7) is 4.34. The number of benzene rings is 1. The van der Waals surface area contributed by atoms with Crippen LogP contribution in [0.2, 0.25) is 0 Å². The fourth-order valence-electron chi connectivity index (χ4n) is 1.85. The second-order valence-corrected chi connectivity index (χ2v) is 5.13. The van der Waals surface area contributed by atoms with Gasteiger partial charge >= 0.3 is 0 Å². The maximum Gasteiger partial charge on any atom is 0.124 e. The van der Waals surface area contributed by atoms with Crippen LogP contribution in [0, 0.1) is 0 Å². The van der Waals surface area contributed by atoms with E-state index in [9.17, 15) is 5.11 Å². The molecule has 1 aromatic carbocycles. The zero-order valence-electron chi connectivity index (χ0n) is 10.2. The highest BCUT2D eigenvalue weighted by molar-refractivity contribution is 7.15. The second kappa shape index (κ2) is 5.32. The third-order valence-electron chi connectivity index (χ3n) is 2.68. The number of hydrogen-bond acceptors (Lipinski definition) is 3. The van der Waals surface area contributed by atoms with E-state index in [-0.39, 0.29) is 0 Å². The SMILES string of the molecule is CCCc1nc(-c2cccc(O)c2)sc1CC. The number of phenolic OH excluding ortho intramolecular Hbond substituents is 1. The molecule has 1 aromatic heterocycles. The Hall–Kier alpha value is -1.35. The lowest BCUT2D eigenvalue weighted by Crippen LogP contribution is -1.88. The molecule has 0 aliphatic carbocycles. The first-order valence-electron chi connectivity index (χ1n) is 6.02. The van der Waals surface area contributed by atoms with Crippen LogP contribution in [0.4, 0.5) is 0 Å². The van der Waals surface area contributed by atoms with E-state index in [1.807, 2.05) is 12.1 Å². The van der Waals surface area contributed by atoms with Crippen LogP contribution in [0.3, 0.4) is 0 Å². The van der Waals surface area contributed by atoms with Gasteiger partial charge in [-0.05, 0) is 25.0 Å². The average molecular weight is 247 g/mol. The van der Waals surface area contributed by atoms with Crippen LogP contribution in [0.25, 0.3) is 10.6 Å². The van der Waals surface area contributed by atoms with Gasteiger partial charge in [-0.1, -0.05) is 32.4 Å². The molecular formula is C14H17NOS. The van der Waals surface area contributed by atoms with Crippen molar-refractivity contribution in [3.63, 3.8) is 0 Å². The Balaban J connectivity index is 2.39. The predicted molar refractivity (Wildman–Crippen MR) is 72.6 cm³/mol. The number of thiazole rings is 1. The Morgan fingerprint density at radius 1 is 1.29 bits per heavy atom. The molecule has 1 heterocycles. The number of phenols is 1. The van der Waals surface area contributed by atoms with Gasteiger partial charge in [0.2, 0.25) is 0 Å². The molecule has 0 fully saturated rings. The van der Waals surface area contributed by atoms with Crippen LogP contribution in [0.15, 0.2) is 24.3 Å². The van der Waals surface area contributed by atoms with Gasteiger partial charge in [0.05, 0.1) is 5.69 Å². The Labute approximate surface area is 106 Å². The van der Waals surface area contributed by atoms with Gasteiger partial charge in [0, 0.05) is 10.4 Å². The van der Waals surface area contributed by atoms with E-state index >= 15 is 0 Å². The third-order valence-corrected chi connectivity index (χ3v) is 3.97. The molecule has 0 unspecified atom stereocenters. The van der Waals surface area contributed by atoms with Crippen molar-refractivity contribution in [3.05, 3.63) is 34.8 Å². The van der Waals surface area contributed by atoms with Crippen LogP contribution in [0.5, 0.6) is 5.75 Å². The monoisotopic (exact) mass is 247 g/mol. The first-order valence-corrected chi connectivity index (χ1v) is 6.84. The van der Waals surface area contributed by atoms with E-state index in [2.05, 4.69) is 18.8 Å². The summed E-state index contributed by atoms with van der Waals surface area (Å²) >= 11 is 1.74. The van der Waals surface area contributed by atoms with Crippen molar-refractivity contribution < 1.29 is 5.11 Å². The van der Waals surface area contributed by atoms with Gasteiger partial charge in [0.1, 0.15) is 10.8 Å². The normalized spacial score (nSPS) is 10.7. The van der Waals surface area contributed by atoms with Gasteiger partial charge in [-0.2, -0.15) is 0 Å². The minimum atomic E-state index is 0.299. The molecule has 0 saturated carbocycles. The summed E-state index contributed by atoms with van der Waals surface area (Å²) in [5, 5.41) is 10.5. The molecule has 1 N–H and O–H groups in total. The quantitative estimate of drug-likeness (QED) is 0.884. The van der Waals surface area contributed by atoms with Gasteiger partial charge in [-0.25, -0.2) is 4.98 Å². The smallest absolute Gasteiger partial charge is 0.124 e. The summed E-state index contributed by atoms with van der Waals surface area (Å²) in [7, 11) is 0. The minimum absolute atomic E-state index is 0.299. The molecule has 17 heavy (non-hydrogen) atoms. The first-order chi connectivity index (χ1) is 8.24. The molecule has 0 aliphatic heterocycles. The molecule has 0 atom stereocenters. The van der Waals surface area contributed by atoms with E-state index in [0.29, 0.717) is 5.75 Å². The van der Waals surface area contributed by atoms with Crippen molar-refractivity contribution in [2.24, 2.45) is 0 Å². The highest BCUT2D eigenvalue weighted by Crippen LogP contribution is 2.30. The van der Waals surface area contributed by atoms with E-state index in [4.69, 9.17) is 0 Å². The zero-order chi connectivity index (χ0) is 12.3. The van der Waals surface area contributed by atoms with Crippen LogP contribution in [-0.2, 0) is 12.8 Å².